The van der Waals surface area contributed by atoms with Crippen molar-refractivity contribution in [1.29, 1.82) is 5.26 Å². The molecule has 1 aliphatic carbocycles. The van der Waals surface area contributed by atoms with Crippen LogP contribution in [0.25, 0.3) is 10.8 Å². The predicted octanol–water partition coefficient (Wildman–Crippen LogP) is 5.08. The summed E-state index contributed by atoms with van der Waals surface area (Å²) in [4.78, 5) is 61.5. The van der Waals surface area contributed by atoms with Crippen molar-refractivity contribution < 1.29 is 23.5 Å². The van der Waals surface area contributed by atoms with Crippen molar-refractivity contribution in [1.82, 2.24) is 30.3 Å². The fourth-order valence-electron chi connectivity index (χ4n) is 9.99. The van der Waals surface area contributed by atoms with Crippen molar-refractivity contribution in [3.05, 3.63) is 87.3 Å². The van der Waals surface area contributed by atoms with Crippen LogP contribution in [0.2, 0.25) is 5.02 Å². The number of halogens is 2. The number of hydrogen-bond acceptors (Lipinski definition) is 11. The Balaban J connectivity index is 0.808. The number of piperidine rings is 2. The van der Waals surface area contributed by atoms with Crippen LogP contribution in [0.1, 0.15) is 75.5 Å². The Hall–Kier alpha value is -5.59. The zero-order chi connectivity index (χ0) is 42.5. The molecule has 16 heteroatoms. The number of amides is 3. The van der Waals surface area contributed by atoms with Crippen LogP contribution >= 0.6 is 11.6 Å². The third kappa shape index (κ3) is 7.78. The van der Waals surface area contributed by atoms with Gasteiger partial charge in [-0.1, -0.05) is 39.3 Å². The molecule has 2 N–H and O–H groups in total. The molecule has 314 valence electrons. The first-order valence-corrected chi connectivity index (χ1v) is 20.9. The highest BCUT2D eigenvalue weighted by atomic mass is 35.5. The van der Waals surface area contributed by atoms with E-state index in [4.69, 9.17) is 16.3 Å². The lowest BCUT2D eigenvalue weighted by Crippen LogP contribution is -2.74. The van der Waals surface area contributed by atoms with Crippen LogP contribution in [-0.4, -0.2) is 95.3 Å². The molecular weight excluding hydrogens is 789 g/mol. The SMILES string of the molecule is CC1(C)C(NC(=O)c2ccc(N3CCC(CN4CCN(c5ccc6c(=O)n([C@@H]7CCC(=O)NC7=O)ncc6c5)CC4)CC3)c(F)n2)C(C)(C)C1Oc1ccc(C#N)c(Cl)c1. The number of pyridine rings is 1. The lowest BCUT2D eigenvalue weighted by molar-refractivity contribution is -0.164. The second-order valence-electron chi connectivity index (χ2n) is 17.7. The highest BCUT2D eigenvalue weighted by molar-refractivity contribution is 6.31. The fraction of sp³-hybridized carbons (Fsp3) is 0.477. The van der Waals surface area contributed by atoms with E-state index in [9.17, 15) is 24.4 Å². The van der Waals surface area contributed by atoms with Crippen molar-refractivity contribution in [3.63, 3.8) is 0 Å². The lowest BCUT2D eigenvalue weighted by atomic mass is 9.49. The highest BCUT2D eigenvalue weighted by Gasteiger charge is 2.64. The van der Waals surface area contributed by atoms with Gasteiger partial charge < -0.3 is 19.9 Å². The van der Waals surface area contributed by atoms with Crippen LogP contribution in [0, 0.1) is 34.0 Å². The third-order valence-electron chi connectivity index (χ3n) is 13.0. The van der Waals surface area contributed by atoms with Crippen molar-refractivity contribution in [3.8, 4) is 11.8 Å². The Bertz CT molecular complexity index is 2440. The summed E-state index contributed by atoms with van der Waals surface area (Å²) in [5, 5.41) is 20.4. The average molecular weight is 838 g/mol. The number of piperazine rings is 1. The Morgan fingerprint density at radius 3 is 2.37 bits per heavy atom. The number of imide groups is 1. The lowest BCUT2D eigenvalue weighted by Gasteiger charge is -2.63. The van der Waals surface area contributed by atoms with E-state index >= 15 is 4.39 Å². The summed E-state index contributed by atoms with van der Waals surface area (Å²) in [6.45, 7) is 13.9. The average Bonchev–Trinajstić information content (AvgIpc) is 3.22. The summed E-state index contributed by atoms with van der Waals surface area (Å²) in [5.74, 6) is -0.932. The predicted molar refractivity (Wildman–Crippen MR) is 225 cm³/mol. The number of nitrogens with zero attached hydrogens (tertiary/aromatic N) is 7. The molecule has 2 aromatic heterocycles. The minimum Gasteiger partial charge on any atom is -0.489 e. The van der Waals surface area contributed by atoms with E-state index in [-0.39, 0.29) is 42.1 Å². The second-order valence-corrected chi connectivity index (χ2v) is 18.1. The number of anilines is 2. The van der Waals surface area contributed by atoms with Crippen molar-refractivity contribution in [2.24, 2.45) is 16.7 Å². The first kappa shape index (κ1) is 41.2. The van der Waals surface area contributed by atoms with E-state index in [1.807, 2.05) is 50.8 Å². The van der Waals surface area contributed by atoms with E-state index in [1.165, 1.54) is 4.68 Å². The van der Waals surface area contributed by atoms with Gasteiger partial charge in [0.15, 0.2) is 0 Å². The normalized spacial score (nSPS) is 23.1. The van der Waals surface area contributed by atoms with Gasteiger partial charge >= 0.3 is 0 Å². The fourth-order valence-corrected chi connectivity index (χ4v) is 10.2. The van der Waals surface area contributed by atoms with Gasteiger partial charge in [0.1, 0.15) is 29.7 Å². The molecule has 0 bridgehead atoms. The monoisotopic (exact) mass is 837 g/mol. The van der Waals surface area contributed by atoms with Gasteiger partial charge in [-0.25, -0.2) is 9.67 Å². The topological polar surface area (TPSA) is 166 Å². The van der Waals surface area contributed by atoms with Gasteiger partial charge in [-0.3, -0.25) is 29.4 Å². The Kier molecular flexibility index (Phi) is 11.1. The maximum absolute atomic E-state index is 15.6. The molecule has 1 saturated carbocycles. The molecule has 1 atom stereocenters. The van der Waals surface area contributed by atoms with E-state index < -0.39 is 34.6 Å². The van der Waals surface area contributed by atoms with E-state index in [1.54, 1.807) is 42.6 Å². The van der Waals surface area contributed by atoms with Gasteiger partial charge in [-0.15, -0.1) is 0 Å². The van der Waals surface area contributed by atoms with Crippen molar-refractivity contribution in [2.45, 2.75) is 71.6 Å². The van der Waals surface area contributed by atoms with Crippen LogP contribution in [0.5, 0.6) is 5.75 Å². The van der Waals surface area contributed by atoms with Crippen LogP contribution in [-0.2, 0) is 9.59 Å². The van der Waals surface area contributed by atoms with Gasteiger partial charge in [-0.05, 0) is 67.6 Å². The number of ether oxygens (including phenoxy) is 1. The number of carbonyl (C=O) groups is 3. The zero-order valence-corrected chi connectivity index (χ0v) is 35.0. The Morgan fingerprint density at radius 1 is 0.967 bits per heavy atom. The van der Waals surface area contributed by atoms with E-state index in [2.05, 4.69) is 30.5 Å². The Labute approximate surface area is 352 Å². The number of benzene rings is 2. The van der Waals surface area contributed by atoms with Crippen LogP contribution in [0.15, 0.2) is 59.5 Å². The number of nitriles is 1. The van der Waals surface area contributed by atoms with Gasteiger partial charge in [0.25, 0.3) is 17.4 Å². The summed E-state index contributed by atoms with van der Waals surface area (Å²) in [5.41, 5.74) is 0.510. The Morgan fingerprint density at radius 2 is 1.70 bits per heavy atom. The number of aromatic nitrogens is 3. The molecule has 14 nitrogen and oxygen atoms in total. The van der Waals surface area contributed by atoms with Gasteiger partial charge in [-0.2, -0.15) is 14.8 Å². The molecule has 3 saturated heterocycles. The summed E-state index contributed by atoms with van der Waals surface area (Å²) in [6.07, 6.45) is 3.59. The molecule has 4 aliphatic rings. The molecule has 2 aromatic carbocycles. The quantitative estimate of drug-likeness (QED) is 0.171. The molecule has 0 radical (unpaired) electrons. The highest BCUT2D eigenvalue weighted by Crippen LogP contribution is 2.55. The second kappa shape index (κ2) is 16.1. The molecule has 0 unspecified atom stereocenters. The van der Waals surface area contributed by atoms with E-state index in [0.717, 1.165) is 51.3 Å². The van der Waals surface area contributed by atoms with Crippen LogP contribution < -0.4 is 30.7 Å². The van der Waals surface area contributed by atoms with Crippen LogP contribution in [0.4, 0.5) is 15.8 Å². The van der Waals surface area contributed by atoms with E-state index in [0.29, 0.717) is 51.8 Å². The number of rotatable bonds is 9. The number of carbonyl (C=O) groups excluding carboxylic acids is 3. The molecule has 4 fully saturated rings. The molecule has 3 aliphatic heterocycles. The third-order valence-corrected chi connectivity index (χ3v) is 13.3. The van der Waals surface area contributed by atoms with Gasteiger partial charge in [0, 0.05) is 86.2 Å². The number of fused-ring (bicyclic) bond motifs is 1. The van der Waals surface area contributed by atoms with Crippen molar-refractivity contribution >= 4 is 51.5 Å². The summed E-state index contributed by atoms with van der Waals surface area (Å²) in [6, 6.07) is 14.9. The summed E-state index contributed by atoms with van der Waals surface area (Å²) in [7, 11) is 0. The molecule has 60 heavy (non-hydrogen) atoms. The smallest absolute Gasteiger partial charge is 0.275 e. The molecular formula is C44H49ClFN9O5. The number of nitrogens with one attached hydrogen (secondary N) is 2. The zero-order valence-electron chi connectivity index (χ0n) is 34.2. The minimum atomic E-state index is -0.801. The molecule has 5 heterocycles. The van der Waals surface area contributed by atoms with Gasteiger partial charge in [0.2, 0.25) is 11.9 Å². The maximum Gasteiger partial charge on any atom is 0.275 e. The number of hydrogen-bond donors (Lipinski definition) is 2. The maximum atomic E-state index is 15.6. The van der Waals surface area contributed by atoms with Crippen LogP contribution in [0.3, 0.4) is 0 Å². The largest absolute Gasteiger partial charge is 0.489 e. The summed E-state index contributed by atoms with van der Waals surface area (Å²) < 4.78 is 23.1. The molecule has 0 spiro atoms. The van der Waals surface area contributed by atoms with Crippen molar-refractivity contribution in [2.75, 3.05) is 55.6 Å². The molecule has 4 aromatic rings. The molecule has 3 amide bonds. The minimum absolute atomic E-state index is 0.0218. The first-order valence-electron chi connectivity index (χ1n) is 20.5. The first-order chi connectivity index (χ1) is 28.6. The summed E-state index contributed by atoms with van der Waals surface area (Å²) >= 11 is 6.23. The van der Waals surface area contributed by atoms with Gasteiger partial charge in [0.05, 0.1) is 27.9 Å². The standard InChI is InChI=1S/C44H49ClFN9O5/c1-43(2)41(44(3,4)42(43)60-30-7-5-27(23-47)32(45)22-30)51-38(57)33-9-10-34(37(46)49-33)54-15-13-26(14-16-54)25-52-17-19-53(20-18-52)29-6-8-31-28(21-29)24-48-55(40(31)59)35-11-12-36(56)50-39(35)58/h5-10,21-22,24,26,35,41-42H,11-20,25H2,1-4H3,(H,51,57)(H,50,56,58)/t35-,41?,42?/m1/s1. The molecule has 8 rings (SSSR count).